The van der Waals surface area contributed by atoms with E-state index in [4.69, 9.17) is 13.8 Å². The van der Waals surface area contributed by atoms with Crippen molar-refractivity contribution in [3.05, 3.63) is 72.9 Å². The Kier molecular flexibility index (Phi) is 59.6. The van der Waals surface area contributed by atoms with Gasteiger partial charge in [-0.25, -0.2) is 4.57 Å². The Morgan fingerprint density at radius 2 is 0.780 bits per heavy atom. The van der Waals surface area contributed by atoms with Crippen molar-refractivity contribution < 1.29 is 37.3 Å². The van der Waals surface area contributed by atoms with E-state index in [0.29, 0.717) is 17.4 Å². The second-order valence-electron chi connectivity index (χ2n) is 24.7. The molecule has 0 aromatic rings. The monoisotopic (exact) mass is 1170 g/mol. The van der Waals surface area contributed by atoms with E-state index in [1.807, 2.05) is 33.3 Å². The smallest absolute Gasteiger partial charge is 0.456 e. The number of rotatable bonds is 63. The van der Waals surface area contributed by atoms with Crippen LogP contribution in [0.15, 0.2) is 72.9 Å². The minimum Gasteiger partial charge on any atom is -0.456 e. The average Bonchev–Trinajstić information content (AvgIpc) is 3.45. The zero-order chi connectivity index (χ0) is 60.0. The topological polar surface area (TPSA) is 111 Å². The first kappa shape index (κ1) is 79.5. The summed E-state index contributed by atoms with van der Waals surface area (Å²) in [5.74, 6) is -0.510. The average molecular weight is 1170 g/mol. The molecule has 0 aliphatic rings. The summed E-state index contributed by atoms with van der Waals surface area (Å²) in [5, 5.41) is 3.06. The molecule has 0 spiro atoms. The number of quaternary nitrogens is 1. The van der Waals surface area contributed by atoms with Crippen molar-refractivity contribution in [1.82, 2.24) is 5.32 Å². The van der Waals surface area contributed by atoms with Gasteiger partial charge in [0.25, 0.3) is 0 Å². The third-order valence-corrected chi connectivity index (χ3v) is 16.4. The number of hydrogen-bond donors (Lipinski definition) is 2. The van der Waals surface area contributed by atoms with Crippen LogP contribution in [0.25, 0.3) is 0 Å². The van der Waals surface area contributed by atoms with Crippen LogP contribution >= 0.6 is 7.82 Å². The number of phosphoric acid groups is 1. The first-order valence-electron chi connectivity index (χ1n) is 34.8. The summed E-state index contributed by atoms with van der Waals surface area (Å²) in [6.07, 6.45) is 80.6. The maximum Gasteiger partial charge on any atom is 0.472 e. The first-order valence-corrected chi connectivity index (χ1v) is 36.3. The fourth-order valence-corrected chi connectivity index (χ4v) is 10.8. The number of esters is 1. The molecule has 0 bridgehead atoms. The zero-order valence-electron chi connectivity index (χ0n) is 54.7. The predicted octanol–water partition coefficient (Wildman–Crippen LogP) is 22.0. The molecule has 3 atom stereocenters. The largest absolute Gasteiger partial charge is 0.472 e. The SMILES string of the molecule is CC/C=C/C/C=C/C/C=C/CCCCCCCCC(=O)NC(COP(=O)(O)OCC[N+](C)(C)C)C(/C=C\CCCCCCCCCCCCC)OC(=O)CCCCCCCCCCCCCCCCCCC/C=C\C/C=C\CCCCC. The summed E-state index contributed by atoms with van der Waals surface area (Å²) in [7, 11) is 1.49. The summed E-state index contributed by atoms with van der Waals surface area (Å²) >= 11 is 0. The summed E-state index contributed by atoms with van der Waals surface area (Å²) < 4.78 is 30.8. The van der Waals surface area contributed by atoms with Gasteiger partial charge in [-0.3, -0.25) is 18.6 Å². The molecule has 2 N–H and O–H groups in total. The number of nitrogens with one attached hydrogen (secondary N) is 1. The molecule has 10 heteroatoms. The Morgan fingerprint density at radius 1 is 0.439 bits per heavy atom. The maximum atomic E-state index is 13.6. The lowest BCUT2D eigenvalue weighted by molar-refractivity contribution is -0.870. The van der Waals surface area contributed by atoms with E-state index in [0.717, 1.165) is 96.3 Å². The van der Waals surface area contributed by atoms with Crippen molar-refractivity contribution in [2.45, 2.75) is 335 Å². The molecule has 478 valence electrons. The quantitative estimate of drug-likeness (QED) is 0.0205. The number of unbranched alkanes of at least 4 members (excludes halogenated alkanes) is 37. The van der Waals surface area contributed by atoms with Crippen molar-refractivity contribution in [1.29, 1.82) is 0 Å². The lowest BCUT2D eigenvalue weighted by atomic mass is 10.0. The van der Waals surface area contributed by atoms with Crippen LogP contribution in [0.5, 0.6) is 0 Å². The number of allylic oxidation sites excluding steroid dienone is 11. The third kappa shape index (κ3) is 62.0. The van der Waals surface area contributed by atoms with Gasteiger partial charge in [0.05, 0.1) is 33.8 Å². The van der Waals surface area contributed by atoms with Crippen molar-refractivity contribution in [3.8, 4) is 0 Å². The van der Waals surface area contributed by atoms with Crippen LogP contribution in [-0.2, 0) is 27.9 Å². The van der Waals surface area contributed by atoms with E-state index in [1.54, 1.807) is 0 Å². The number of carbonyl (C=O) groups is 2. The molecule has 0 fully saturated rings. The van der Waals surface area contributed by atoms with Crippen LogP contribution in [0.1, 0.15) is 323 Å². The maximum absolute atomic E-state index is 13.6. The van der Waals surface area contributed by atoms with Gasteiger partial charge < -0.3 is 19.4 Å². The standard InChI is InChI=1S/C72H133N2O7P/c1-7-10-13-16-19-22-25-28-30-32-33-34-35-36-37-38-39-40-41-42-44-47-50-53-56-59-62-65-72(76)81-70(63-60-57-54-51-48-45-27-24-21-18-15-12-9-3)69(68-80-82(77,78)79-67-66-74(4,5)6)73-71(75)64-61-58-55-52-49-46-43-31-29-26-23-20-17-14-11-8-2/h11,14,19-20,22-23,28-31,60,63,69-70H,7-10,12-13,15-18,21,24-27,32-59,61-62,64-68H2,1-6H3,(H-,73,75,77,78)/p+1/b14-11+,22-19-,23-20+,30-28-,31-29+,63-60-. The van der Waals surface area contributed by atoms with Crippen LogP contribution in [0.4, 0.5) is 0 Å². The molecule has 0 aromatic carbocycles. The van der Waals surface area contributed by atoms with E-state index in [2.05, 4.69) is 86.8 Å². The predicted molar refractivity (Wildman–Crippen MR) is 355 cm³/mol. The lowest BCUT2D eigenvalue weighted by Crippen LogP contribution is -2.47. The molecule has 0 saturated carbocycles. The van der Waals surface area contributed by atoms with E-state index < -0.39 is 20.0 Å². The van der Waals surface area contributed by atoms with Gasteiger partial charge in [0, 0.05) is 12.8 Å². The Balaban J connectivity index is 5.05. The van der Waals surface area contributed by atoms with Gasteiger partial charge in [-0.1, -0.05) is 287 Å². The molecule has 0 rings (SSSR count). The molecule has 9 nitrogen and oxygen atoms in total. The molecule has 0 saturated heterocycles. The highest BCUT2D eigenvalue weighted by atomic mass is 31.2. The van der Waals surface area contributed by atoms with Gasteiger partial charge in [0.2, 0.25) is 5.91 Å². The highest BCUT2D eigenvalue weighted by Gasteiger charge is 2.30. The number of hydrogen-bond acceptors (Lipinski definition) is 6. The highest BCUT2D eigenvalue weighted by Crippen LogP contribution is 2.43. The van der Waals surface area contributed by atoms with E-state index in [9.17, 15) is 19.0 Å². The molecule has 0 aliphatic carbocycles. The normalized spacial score (nSPS) is 14.0. The number of ether oxygens (including phenoxy) is 1. The fourth-order valence-electron chi connectivity index (χ4n) is 10.0. The molecule has 3 unspecified atom stereocenters. The molecule has 0 heterocycles. The second-order valence-corrected chi connectivity index (χ2v) is 26.1. The van der Waals surface area contributed by atoms with Gasteiger partial charge in [-0.2, -0.15) is 0 Å². The first-order chi connectivity index (χ1) is 39.9. The minimum atomic E-state index is -4.46. The van der Waals surface area contributed by atoms with Crippen molar-refractivity contribution in [2.75, 3.05) is 40.9 Å². The summed E-state index contributed by atoms with van der Waals surface area (Å²) in [5.41, 5.74) is 0. The number of carbonyl (C=O) groups excluding carboxylic acids is 2. The molecule has 0 aromatic heterocycles. The minimum absolute atomic E-state index is 0.0365. The van der Waals surface area contributed by atoms with Crippen LogP contribution in [0, 0.1) is 0 Å². The second kappa shape index (κ2) is 61.5. The third-order valence-electron chi connectivity index (χ3n) is 15.4. The number of phosphoric ester groups is 1. The van der Waals surface area contributed by atoms with Crippen LogP contribution in [-0.4, -0.2) is 74.3 Å². The summed E-state index contributed by atoms with van der Waals surface area (Å²) in [6, 6.07) is -0.857. The Morgan fingerprint density at radius 3 is 1.20 bits per heavy atom. The number of likely N-dealkylation sites (N-methyl/N-ethyl adjacent to an activating group) is 1. The van der Waals surface area contributed by atoms with E-state index in [1.165, 1.54) is 193 Å². The van der Waals surface area contributed by atoms with Gasteiger partial charge in [-0.15, -0.1) is 0 Å². The van der Waals surface area contributed by atoms with Crippen molar-refractivity contribution in [3.63, 3.8) is 0 Å². The van der Waals surface area contributed by atoms with Crippen LogP contribution in [0.3, 0.4) is 0 Å². The van der Waals surface area contributed by atoms with E-state index >= 15 is 0 Å². The number of amides is 1. The van der Waals surface area contributed by atoms with Gasteiger partial charge in [0.15, 0.2) is 0 Å². The molecule has 0 radical (unpaired) electrons. The van der Waals surface area contributed by atoms with Crippen molar-refractivity contribution in [2.24, 2.45) is 0 Å². The molecule has 82 heavy (non-hydrogen) atoms. The van der Waals surface area contributed by atoms with Crippen LogP contribution < -0.4 is 5.32 Å². The Bertz CT molecular complexity index is 1630. The molecule has 1 amide bonds. The molecule has 0 aliphatic heterocycles. The Labute approximate surface area is 508 Å². The summed E-state index contributed by atoms with van der Waals surface area (Å²) in [4.78, 5) is 37.8. The van der Waals surface area contributed by atoms with Crippen molar-refractivity contribution >= 4 is 19.7 Å². The molecular weight excluding hydrogens is 1040 g/mol. The lowest BCUT2D eigenvalue weighted by Gasteiger charge is -2.27. The van der Waals surface area contributed by atoms with E-state index in [-0.39, 0.29) is 31.5 Å². The Hall–Kier alpha value is -2.55. The summed E-state index contributed by atoms with van der Waals surface area (Å²) in [6.45, 7) is 6.90. The van der Waals surface area contributed by atoms with Gasteiger partial charge in [-0.05, 0) is 96.0 Å². The van der Waals surface area contributed by atoms with Crippen LogP contribution in [0.2, 0.25) is 0 Å². The van der Waals surface area contributed by atoms with Gasteiger partial charge >= 0.3 is 13.8 Å². The zero-order valence-corrected chi connectivity index (χ0v) is 55.6. The highest BCUT2D eigenvalue weighted by molar-refractivity contribution is 7.47. The van der Waals surface area contributed by atoms with Gasteiger partial charge in [0.1, 0.15) is 19.3 Å². The fraction of sp³-hybridized carbons (Fsp3) is 0.806. The number of nitrogens with zero attached hydrogens (tertiary/aromatic N) is 1. The molecular formula is C72H134N2O7P+.